The number of hydrogen-bond donors (Lipinski definition) is 0. The molecule has 0 radical (unpaired) electrons. The Bertz CT molecular complexity index is 626. The van der Waals surface area contributed by atoms with Gasteiger partial charge in [-0.15, -0.1) is 0 Å². The third-order valence-electron chi connectivity index (χ3n) is 6.01. The van der Waals surface area contributed by atoms with Crippen molar-refractivity contribution >= 4 is 5.91 Å². The van der Waals surface area contributed by atoms with E-state index in [1.165, 1.54) is 10.5 Å². The van der Waals surface area contributed by atoms with Crippen LogP contribution in [0.1, 0.15) is 57.9 Å². The van der Waals surface area contributed by atoms with Crippen molar-refractivity contribution in [3.8, 4) is 0 Å². The van der Waals surface area contributed by atoms with E-state index in [1.54, 1.807) is 0 Å². The summed E-state index contributed by atoms with van der Waals surface area (Å²) >= 11 is 0. The van der Waals surface area contributed by atoms with Crippen LogP contribution in [0, 0.1) is 5.41 Å². The van der Waals surface area contributed by atoms with E-state index in [4.69, 9.17) is 0 Å². The van der Waals surface area contributed by atoms with E-state index in [9.17, 15) is 18.0 Å². The third kappa shape index (κ3) is 3.06. The average molecular weight is 357 g/mol. The van der Waals surface area contributed by atoms with Gasteiger partial charge >= 0.3 is 6.18 Å². The van der Waals surface area contributed by atoms with Crippen molar-refractivity contribution in [2.45, 2.75) is 70.5 Å². The van der Waals surface area contributed by atoms with Crippen molar-refractivity contribution in [1.29, 1.82) is 0 Å². The molecule has 1 aliphatic carbocycles. The molecular formula is C18H26F3N3O. The second kappa shape index (κ2) is 6.32. The zero-order chi connectivity index (χ0) is 18.3. The molecular weight excluding hydrogens is 331 g/mol. The molecule has 1 saturated heterocycles. The molecule has 0 atom stereocenters. The minimum atomic E-state index is -4.44. The Kier molecular flexibility index (Phi) is 4.62. The number of halogens is 3. The van der Waals surface area contributed by atoms with E-state index in [-0.39, 0.29) is 18.4 Å². The number of amides is 1. The lowest BCUT2D eigenvalue weighted by molar-refractivity contribution is -0.249. The quantitative estimate of drug-likeness (QED) is 0.819. The van der Waals surface area contributed by atoms with Crippen LogP contribution in [0.5, 0.6) is 0 Å². The Morgan fingerprint density at radius 2 is 1.88 bits per heavy atom. The summed E-state index contributed by atoms with van der Waals surface area (Å²) in [4.78, 5) is 14.0. The largest absolute Gasteiger partial charge is 0.403 e. The molecule has 1 amide bonds. The van der Waals surface area contributed by atoms with Gasteiger partial charge in [-0.25, -0.2) is 0 Å². The van der Waals surface area contributed by atoms with Gasteiger partial charge in [0.25, 0.3) is 0 Å². The molecule has 1 aliphatic heterocycles. The van der Waals surface area contributed by atoms with Crippen LogP contribution in [0.25, 0.3) is 0 Å². The van der Waals surface area contributed by atoms with Gasteiger partial charge in [0.2, 0.25) is 5.91 Å². The van der Waals surface area contributed by atoms with Crippen LogP contribution in [-0.2, 0) is 16.8 Å². The van der Waals surface area contributed by atoms with Gasteiger partial charge in [-0.2, -0.15) is 18.3 Å². The maximum atomic E-state index is 13.4. The molecule has 7 heteroatoms. The molecule has 1 aromatic heterocycles. The second-order valence-electron chi connectivity index (χ2n) is 7.77. The first-order valence-corrected chi connectivity index (χ1v) is 9.12. The maximum absolute atomic E-state index is 13.4. The highest BCUT2D eigenvalue weighted by Gasteiger charge is 2.64. The Morgan fingerprint density at radius 1 is 1.24 bits per heavy atom. The fourth-order valence-corrected chi connectivity index (χ4v) is 3.95. The maximum Gasteiger partial charge on any atom is 0.403 e. The fourth-order valence-electron chi connectivity index (χ4n) is 3.95. The molecule has 0 aromatic carbocycles. The number of rotatable bonds is 4. The van der Waals surface area contributed by atoms with Crippen LogP contribution in [0.2, 0.25) is 0 Å². The smallest absolute Gasteiger partial charge is 0.342 e. The Morgan fingerprint density at radius 3 is 2.36 bits per heavy atom. The molecule has 2 aliphatic rings. The van der Waals surface area contributed by atoms with Crippen molar-refractivity contribution in [3.63, 3.8) is 0 Å². The highest BCUT2D eigenvalue weighted by Crippen LogP contribution is 2.54. The second-order valence-corrected chi connectivity index (χ2v) is 7.77. The zero-order valence-corrected chi connectivity index (χ0v) is 14.9. The summed E-state index contributed by atoms with van der Waals surface area (Å²) in [6, 6.07) is 0. The van der Waals surface area contributed by atoms with Crippen LogP contribution in [0.4, 0.5) is 13.2 Å². The lowest BCUT2D eigenvalue weighted by Gasteiger charge is -2.47. The van der Waals surface area contributed by atoms with E-state index in [1.807, 2.05) is 17.1 Å². The molecule has 2 fully saturated rings. The number of nitrogens with zero attached hydrogens (tertiary/aromatic N) is 3. The van der Waals surface area contributed by atoms with E-state index in [2.05, 4.69) is 18.9 Å². The van der Waals surface area contributed by atoms with Gasteiger partial charge in [0.15, 0.2) is 0 Å². The normalized spacial score (nSPS) is 22.5. The Balaban J connectivity index is 1.67. The highest BCUT2D eigenvalue weighted by atomic mass is 19.4. The predicted octanol–water partition coefficient (Wildman–Crippen LogP) is 3.91. The number of aromatic nitrogens is 2. The number of carbonyl (C=O) groups is 1. The summed E-state index contributed by atoms with van der Waals surface area (Å²) in [5.74, 6) is -0.722. The van der Waals surface area contributed by atoms with Gasteiger partial charge < -0.3 is 4.90 Å². The number of hydrogen-bond acceptors (Lipinski definition) is 2. The molecule has 0 N–H and O–H groups in total. The summed E-state index contributed by atoms with van der Waals surface area (Å²) in [5.41, 5.74) is -1.19. The predicted molar refractivity (Wildman–Crippen MR) is 88.0 cm³/mol. The molecule has 3 rings (SSSR count). The number of likely N-dealkylation sites (tertiary alicyclic amines) is 1. The van der Waals surface area contributed by atoms with E-state index < -0.39 is 17.5 Å². The summed E-state index contributed by atoms with van der Waals surface area (Å²) in [6.45, 7) is 4.90. The number of piperidine rings is 1. The molecule has 0 bridgehead atoms. The third-order valence-corrected chi connectivity index (χ3v) is 6.01. The van der Waals surface area contributed by atoms with Crippen molar-refractivity contribution < 1.29 is 18.0 Å². The first kappa shape index (κ1) is 18.3. The molecule has 140 valence electrons. The summed E-state index contributed by atoms with van der Waals surface area (Å²) in [5, 5.41) is 4.45. The number of aryl methyl sites for hydroxylation is 1. The minimum Gasteiger partial charge on any atom is -0.342 e. The van der Waals surface area contributed by atoms with E-state index in [0.717, 1.165) is 12.8 Å². The monoisotopic (exact) mass is 357 g/mol. The average Bonchev–Trinajstić information content (AvgIpc) is 2.95. The van der Waals surface area contributed by atoms with E-state index in [0.29, 0.717) is 32.4 Å². The van der Waals surface area contributed by atoms with Crippen LogP contribution in [-0.4, -0.2) is 39.9 Å². The summed E-state index contributed by atoms with van der Waals surface area (Å²) in [7, 11) is 0. The molecule has 1 saturated carbocycles. The summed E-state index contributed by atoms with van der Waals surface area (Å²) in [6.07, 6.45) is 3.05. The zero-order valence-electron chi connectivity index (χ0n) is 14.9. The number of carbonyl (C=O) groups excluding carboxylic acids is 1. The Hall–Kier alpha value is -1.53. The van der Waals surface area contributed by atoms with Gasteiger partial charge in [-0.05, 0) is 44.6 Å². The molecule has 1 aromatic rings. The Labute approximate surface area is 146 Å². The van der Waals surface area contributed by atoms with Crippen LogP contribution in [0.3, 0.4) is 0 Å². The van der Waals surface area contributed by atoms with Crippen molar-refractivity contribution in [2.75, 3.05) is 13.1 Å². The molecule has 0 unspecified atom stereocenters. The molecule has 0 spiro atoms. The van der Waals surface area contributed by atoms with Gasteiger partial charge in [0, 0.05) is 19.3 Å². The molecule has 25 heavy (non-hydrogen) atoms. The van der Waals surface area contributed by atoms with Crippen LogP contribution >= 0.6 is 0 Å². The standard InChI is InChI=1S/C18H26F3N3O/c1-3-5-14-12-22-24(13-14)16(2)8-10-23(11-9-16)15(25)17(6-4-7-17)18(19,20)21/h12-13H,3-11H2,1-2H3. The SMILES string of the molecule is CCCc1cnn(C2(C)CCN(C(=O)C3(C(F)(F)F)CCC3)CC2)c1. The van der Waals surface area contributed by atoms with Gasteiger partial charge in [-0.3, -0.25) is 9.48 Å². The van der Waals surface area contributed by atoms with Crippen molar-refractivity contribution in [3.05, 3.63) is 18.0 Å². The van der Waals surface area contributed by atoms with Crippen molar-refractivity contribution in [1.82, 2.24) is 14.7 Å². The van der Waals surface area contributed by atoms with Crippen LogP contribution < -0.4 is 0 Å². The first-order valence-electron chi connectivity index (χ1n) is 9.12. The van der Waals surface area contributed by atoms with Gasteiger partial charge in [0.05, 0.1) is 11.7 Å². The minimum absolute atomic E-state index is 0.0668. The summed E-state index contributed by atoms with van der Waals surface area (Å²) < 4.78 is 42.1. The highest BCUT2D eigenvalue weighted by molar-refractivity contribution is 5.84. The lowest BCUT2D eigenvalue weighted by atomic mass is 9.66. The van der Waals surface area contributed by atoms with Crippen molar-refractivity contribution in [2.24, 2.45) is 5.41 Å². The van der Waals surface area contributed by atoms with E-state index >= 15 is 0 Å². The number of alkyl halides is 3. The lowest BCUT2D eigenvalue weighted by Crippen LogP contribution is -2.58. The molecule has 4 nitrogen and oxygen atoms in total. The van der Waals surface area contributed by atoms with Gasteiger partial charge in [-0.1, -0.05) is 19.8 Å². The van der Waals surface area contributed by atoms with Gasteiger partial charge in [0.1, 0.15) is 5.41 Å². The molecule has 2 heterocycles. The first-order chi connectivity index (χ1) is 11.7. The van der Waals surface area contributed by atoms with Crippen LogP contribution in [0.15, 0.2) is 12.4 Å². The topological polar surface area (TPSA) is 38.1 Å². The fraction of sp³-hybridized carbons (Fsp3) is 0.778.